The van der Waals surface area contributed by atoms with Crippen molar-refractivity contribution in [3.8, 4) is 5.69 Å². The number of aromatic nitrogens is 2. The van der Waals surface area contributed by atoms with E-state index in [1.807, 2.05) is 18.2 Å². The number of nitrogens with zero attached hydrogens (tertiary/aromatic N) is 2. The van der Waals surface area contributed by atoms with Gasteiger partial charge in [-0.25, -0.2) is 0 Å². The summed E-state index contributed by atoms with van der Waals surface area (Å²) in [7, 11) is 0. The number of benzene rings is 1. The molecular formula is C18H23ClN4O2. The Bertz CT molecular complexity index is 763. The highest BCUT2D eigenvalue weighted by atomic mass is 35.5. The molecule has 1 aromatic carbocycles. The Balaban J connectivity index is 0.00000225. The smallest absolute Gasteiger partial charge is 0.271 e. The summed E-state index contributed by atoms with van der Waals surface area (Å²) in [6, 6.07) is 12.0. The van der Waals surface area contributed by atoms with Gasteiger partial charge in [-0.2, -0.15) is 9.78 Å². The SMILES string of the molecule is Cl.NCC1CCCCC1NC(=O)c1ccc(=O)n(-c2ccccc2)n1. The highest BCUT2D eigenvalue weighted by Gasteiger charge is 2.26. The van der Waals surface area contributed by atoms with E-state index in [0.717, 1.165) is 25.7 Å². The van der Waals surface area contributed by atoms with Crippen LogP contribution in [0.5, 0.6) is 0 Å². The van der Waals surface area contributed by atoms with E-state index in [-0.39, 0.29) is 35.6 Å². The standard InChI is InChI=1S/C18H22N4O2.ClH/c19-12-13-6-4-5-9-15(13)20-18(24)16-10-11-17(23)22(21-16)14-7-2-1-3-8-14;/h1-3,7-8,10-11,13,15H,4-6,9,12,19H2,(H,20,24);1H. The summed E-state index contributed by atoms with van der Waals surface area (Å²) < 4.78 is 1.25. The Morgan fingerprint density at radius 1 is 1.16 bits per heavy atom. The summed E-state index contributed by atoms with van der Waals surface area (Å²) in [5.74, 6) is 0.0489. The summed E-state index contributed by atoms with van der Waals surface area (Å²) in [5.41, 5.74) is 6.42. The number of rotatable bonds is 4. The molecule has 1 fully saturated rings. The molecule has 25 heavy (non-hydrogen) atoms. The molecule has 2 aromatic rings. The molecule has 1 aromatic heterocycles. The van der Waals surface area contributed by atoms with Crippen LogP contribution in [0.3, 0.4) is 0 Å². The van der Waals surface area contributed by atoms with Crippen LogP contribution in [0.4, 0.5) is 0 Å². The van der Waals surface area contributed by atoms with Gasteiger partial charge in [0.2, 0.25) is 0 Å². The van der Waals surface area contributed by atoms with E-state index in [2.05, 4.69) is 10.4 Å². The molecule has 1 aliphatic rings. The quantitative estimate of drug-likeness (QED) is 0.869. The van der Waals surface area contributed by atoms with Gasteiger partial charge in [-0.05, 0) is 43.5 Å². The van der Waals surface area contributed by atoms with Crippen LogP contribution in [0, 0.1) is 5.92 Å². The largest absolute Gasteiger partial charge is 0.348 e. The molecule has 3 N–H and O–H groups in total. The van der Waals surface area contributed by atoms with Gasteiger partial charge < -0.3 is 11.1 Å². The van der Waals surface area contributed by atoms with E-state index in [0.29, 0.717) is 18.2 Å². The molecule has 0 radical (unpaired) electrons. The third-order valence-electron chi connectivity index (χ3n) is 4.56. The van der Waals surface area contributed by atoms with E-state index in [4.69, 9.17) is 5.73 Å². The number of carbonyl (C=O) groups is 1. The van der Waals surface area contributed by atoms with Crippen LogP contribution >= 0.6 is 12.4 Å². The monoisotopic (exact) mass is 362 g/mol. The maximum absolute atomic E-state index is 12.5. The third kappa shape index (κ3) is 4.46. The van der Waals surface area contributed by atoms with Gasteiger partial charge in [0.1, 0.15) is 5.69 Å². The lowest BCUT2D eigenvalue weighted by Crippen LogP contribution is -2.45. The van der Waals surface area contributed by atoms with Gasteiger partial charge in [-0.1, -0.05) is 31.0 Å². The van der Waals surface area contributed by atoms with Gasteiger partial charge in [0, 0.05) is 12.1 Å². The fourth-order valence-electron chi connectivity index (χ4n) is 3.21. The second-order valence-corrected chi connectivity index (χ2v) is 6.16. The zero-order chi connectivity index (χ0) is 16.9. The Hall–Kier alpha value is -2.18. The highest BCUT2D eigenvalue weighted by Crippen LogP contribution is 2.23. The highest BCUT2D eigenvalue weighted by molar-refractivity contribution is 5.92. The van der Waals surface area contributed by atoms with E-state index >= 15 is 0 Å². The van der Waals surface area contributed by atoms with E-state index in [9.17, 15) is 9.59 Å². The Labute approximate surface area is 152 Å². The Morgan fingerprint density at radius 3 is 2.60 bits per heavy atom. The molecule has 6 nitrogen and oxygen atoms in total. The van der Waals surface area contributed by atoms with Crippen molar-refractivity contribution in [1.82, 2.24) is 15.1 Å². The number of amides is 1. The second kappa shape index (κ2) is 8.78. The molecule has 1 aliphatic carbocycles. The van der Waals surface area contributed by atoms with Gasteiger partial charge in [0.25, 0.3) is 11.5 Å². The van der Waals surface area contributed by atoms with Gasteiger partial charge in [-0.15, -0.1) is 12.4 Å². The molecule has 2 atom stereocenters. The number of hydrogen-bond donors (Lipinski definition) is 2. The van der Waals surface area contributed by atoms with Crippen molar-refractivity contribution in [2.24, 2.45) is 11.7 Å². The van der Waals surface area contributed by atoms with E-state index in [1.54, 1.807) is 12.1 Å². The van der Waals surface area contributed by atoms with Crippen LogP contribution < -0.4 is 16.6 Å². The third-order valence-corrected chi connectivity index (χ3v) is 4.56. The minimum absolute atomic E-state index is 0. The zero-order valence-electron chi connectivity index (χ0n) is 13.9. The average molecular weight is 363 g/mol. The predicted molar refractivity (Wildman–Crippen MR) is 99.3 cm³/mol. The first kappa shape index (κ1) is 19.1. The summed E-state index contributed by atoms with van der Waals surface area (Å²) >= 11 is 0. The molecular weight excluding hydrogens is 340 g/mol. The van der Waals surface area contributed by atoms with Gasteiger partial charge in [0.05, 0.1) is 5.69 Å². The average Bonchev–Trinajstić information content (AvgIpc) is 2.63. The number of hydrogen-bond acceptors (Lipinski definition) is 4. The Morgan fingerprint density at radius 2 is 1.88 bits per heavy atom. The summed E-state index contributed by atoms with van der Waals surface area (Å²) in [6.07, 6.45) is 4.23. The number of halogens is 1. The summed E-state index contributed by atoms with van der Waals surface area (Å²) in [4.78, 5) is 24.6. The maximum atomic E-state index is 12.5. The lowest BCUT2D eigenvalue weighted by molar-refractivity contribution is 0.0901. The molecule has 0 spiro atoms. The minimum Gasteiger partial charge on any atom is -0.348 e. The van der Waals surface area contributed by atoms with Crippen molar-refractivity contribution < 1.29 is 4.79 Å². The van der Waals surface area contributed by atoms with E-state index in [1.165, 1.54) is 16.8 Å². The van der Waals surface area contributed by atoms with Gasteiger partial charge in [-0.3, -0.25) is 9.59 Å². The first-order valence-corrected chi connectivity index (χ1v) is 8.36. The van der Waals surface area contributed by atoms with Crippen molar-refractivity contribution >= 4 is 18.3 Å². The Kier molecular flexibility index (Phi) is 6.73. The molecule has 134 valence electrons. The van der Waals surface area contributed by atoms with Crippen molar-refractivity contribution in [2.45, 2.75) is 31.7 Å². The van der Waals surface area contributed by atoms with Crippen LogP contribution in [0.2, 0.25) is 0 Å². The fourth-order valence-corrected chi connectivity index (χ4v) is 3.21. The minimum atomic E-state index is -0.268. The normalized spacial score (nSPS) is 19.7. The van der Waals surface area contributed by atoms with Crippen molar-refractivity contribution in [3.05, 3.63) is 58.5 Å². The number of carbonyl (C=O) groups excluding carboxylic acids is 1. The molecule has 0 aliphatic heterocycles. The molecule has 1 saturated carbocycles. The topological polar surface area (TPSA) is 90.0 Å². The van der Waals surface area contributed by atoms with E-state index < -0.39 is 0 Å². The first-order chi connectivity index (χ1) is 11.7. The van der Waals surface area contributed by atoms with Crippen molar-refractivity contribution in [1.29, 1.82) is 0 Å². The maximum Gasteiger partial charge on any atom is 0.271 e. The molecule has 7 heteroatoms. The lowest BCUT2D eigenvalue weighted by atomic mass is 9.84. The first-order valence-electron chi connectivity index (χ1n) is 8.36. The predicted octanol–water partition coefficient (Wildman–Crippen LogP) is 1.90. The molecule has 0 saturated heterocycles. The van der Waals surface area contributed by atoms with Crippen LogP contribution in [-0.2, 0) is 0 Å². The van der Waals surface area contributed by atoms with Crippen molar-refractivity contribution in [2.75, 3.05) is 6.54 Å². The molecule has 1 heterocycles. The van der Waals surface area contributed by atoms with Crippen molar-refractivity contribution in [3.63, 3.8) is 0 Å². The second-order valence-electron chi connectivity index (χ2n) is 6.16. The summed E-state index contributed by atoms with van der Waals surface area (Å²) in [6.45, 7) is 0.571. The zero-order valence-corrected chi connectivity index (χ0v) is 14.7. The van der Waals surface area contributed by atoms with Crippen LogP contribution in [0.25, 0.3) is 5.69 Å². The van der Waals surface area contributed by atoms with Gasteiger partial charge >= 0.3 is 0 Å². The lowest BCUT2D eigenvalue weighted by Gasteiger charge is -2.31. The molecule has 3 rings (SSSR count). The molecule has 0 bridgehead atoms. The number of nitrogens with one attached hydrogen (secondary N) is 1. The molecule has 2 unspecified atom stereocenters. The number of nitrogens with two attached hydrogens (primary N) is 1. The summed E-state index contributed by atoms with van der Waals surface area (Å²) in [5, 5.41) is 7.26. The fraction of sp³-hybridized carbons (Fsp3) is 0.389. The van der Waals surface area contributed by atoms with Crippen LogP contribution in [-0.4, -0.2) is 28.3 Å². The van der Waals surface area contributed by atoms with Crippen LogP contribution in [0.1, 0.15) is 36.2 Å². The molecule has 1 amide bonds. The van der Waals surface area contributed by atoms with Crippen LogP contribution in [0.15, 0.2) is 47.3 Å². The van der Waals surface area contributed by atoms with Gasteiger partial charge in [0.15, 0.2) is 0 Å². The number of para-hydroxylation sites is 1.